The molecule has 3 N–H and O–H groups in total. The van der Waals surface area contributed by atoms with Gasteiger partial charge >= 0.3 is 0 Å². The SMILES string of the molecule is Cl.Cl.O=C(NCC12CC3CC(CC(C3)C1)C2)c1cc(CCNC2CCNC2)ccc1Cl. The van der Waals surface area contributed by atoms with E-state index in [1.807, 2.05) is 18.2 Å². The molecule has 0 radical (unpaired) electrons. The van der Waals surface area contributed by atoms with Crippen LogP contribution in [0.2, 0.25) is 5.02 Å². The maximum absolute atomic E-state index is 13.0. The van der Waals surface area contributed by atoms with Crippen molar-refractivity contribution in [1.29, 1.82) is 0 Å². The van der Waals surface area contributed by atoms with Gasteiger partial charge in [0, 0.05) is 19.1 Å². The molecule has 0 aromatic heterocycles. The van der Waals surface area contributed by atoms with Crippen molar-refractivity contribution >= 4 is 42.3 Å². The Morgan fingerprint density at radius 1 is 1.10 bits per heavy atom. The maximum atomic E-state index is 13.0. The van der Waals surface area contributed by atoms with Crippen LogP contribution in [0, 0.1) is 23.2 Å². The van der Waals surface area contributed by atoms with E-state index in [9.17, 15) is 4.79 Å². The Hall–Kier alpha value is -0.520. The fourth-order valence-electron chi connectivity index (χ4n) is 7.02. The molecule has 5 aliphatic rings. The van der Waals surface area contributed by atoms with Gasteiger partial charge in [-0.3, -0.25) is 4.79 Å². The molecule has 1 aromatic rings. The van der Waals surface area contributed by atoms with Crippen LogP contribution in [0.1, 0.15) is 60.9 Å². The quantitative estimate of drug-likeness (QED) is 0.525. The monoisotopic (exact) mass is 487 g/mol. The summed E-state index contributed by atoms with van der Waals surface area (Å²) in [7, 11) is 0. The Morgan fingerprint density at radius 3 is 2.39 bits per heavy atom. The van der Waals surface area contributed by atoms with Crippen LogP contribution < -0.4 is 16.0 Å². The molecule has 7 heteroatoms. The summed E-state index contributed by atoms with van der Waals surface area (Å²) >= 11 is 6.40. The number of benzene rings is 1. The molecule has 1 atom stereocenters. The van der Waals surface area contributed by atoms with E-state index >= 15 is 0 Å². The Balaban J connectivity index is 0.00000136. The number of hydrogen-bond donors (Lipinski definition) is 3. The van der Waals surface area contributed by atoms with Gasteiger partial charge in [0.05, 0.1) is 10.6 Å². The van der Waals surface area contributed by atoms with Gasteiger partial charge in [-0.1, -0.05) is 17.7 Å². The zero-order valence-corrected chi connectivity index (χ0v) is 20.5. The highest BCUT2D eigenvalue weighted by molar-refractivity contribution is 6.33. The van der Waals surface area contributed by atoms with Crippen molar-refractivity contribution in [3.05, 3.63) is 34.3 Å². The van der Waals surface area contributed by atoms with Crippen LogP contribution in [0.25, 0.3) is 0 Å². The van der Waals surface area contributed by atoms with Crippen LogP contribution in [-0.4, -0.2) is 38.1 Å². The minimum absolute atomic E-state index is 0. The predicted octanol–water partition coefficient (Wildman–Crippen LogP) is 4.62. The Morgan fingerprint density at radius 2 is 1.77 bits per heavy atom. The van der Waals surface area contributed by atoms with Gasteiger partial charge in [0.15, 0.2) is 0 Å². The van der Waals surface area contributed by atoms with Gasteiger partial charge in [0.25, 0.3) is 5.91 Å². The number of rotatable bonds is 7. The van der Waals surface area contributed by atoms with E-state index < -0.39 is 0 Å². The van der Waals surface area contributed by atoms with E-state index in [-0.39, 0.29) is 30.7 Å². The third kappa shape index (κ3) is 5.70. The first-order valence-electron chi connectivity index (χ1n) is 11.6. The molecule has 5 fully saturated rings. The second kappa shape index (κ2) is 10.6. The average molecular weight is 489 g/mol. The summed E-state index contributed by atoms with van der Waals surface area (Å²) in [5.41, 5.74) is 2.16. The van der Waals surface area contributed by atoms with E-state index in [2.05, 4.69) is 16.0 Å². The van der Waals surface area contributed by atoms with Crippen LogP contribution in [-0.2, 0) is 6.42 Å². The fourth-order valence-corrected chi connectivity index (χ4v) is 7.22. The standard InChI is InChI=1S/C24H34ClN3O.2ClH/c25-22-2-1-16(3-6-27-20-4-5-26-14-20)10-21(22)23(29)28-15-24-11-17-7-18(12-24)9-19(8-17)13-24;;/h1-2,10,17-20,26-27H,3-9,11-15H2,(H,28,29);2*1H. The lowest BCUT2D eigenvalue weighted by molar-refractivity contribution is -0.0503. The molecule has 31 heavy (non-hydrogen) atoms. The lowest BCUT2D eigenvalue weighted by atomic mass is 9.49. The third-order valence-electron chi connectivity index (χ3n) is 7.97. The van der Waals surface area contributed by atoms with Crippen molar-refractivity contribution in [2.24, 2.45) is 23.2 Å². The third-order valence-corrected chi connectivity index (χ3v) is 8.30. The van der Waals surface area contributed by atoms with E-state index in [0.717, 1.165) is 50.4 Å². The molecular formula is C24H36Cl3N3O. The van der Waals surface area contributed by atoms with E-state index in [4.69, 9.17) is 11.6 Å². The van der Waals surface area contributed by atoms with Crippen LogP contribution in [0.5, 0.6) is 0 Å². The number of nitrogens with one attached hydrogen (secondary N) is 3. The summed E-state index contributed by atoms with van der Waals surface area (Å²) in [6.07, 6.45) is 10.4. The van der Waals surface area contributed by atoms with Gasteiger partial charge in [0.2, 0.25) is 0 Å². The first-order chi connectivity index (χ1) is 14.1. The zero-order chi connectivity index (χ0) is 19.8. The summed E-state index contributed by atoms with van der Waals surface area (Å²) in [6, 6.07) is 6.50. The first kappa shape index (κ1) is 25.1. The summed E-state index contributed by atoms with van der Waals surface area (Å²) in [4.78, 5) is 13.0. The normalized spacial score (nSPS) is 32.9. The van der Waals surface area contributed by atoms with Crippen LogP contribution in [0.15, 0.2) is 18.2 Å². The van der Waals surface area contributed by atoms with Crippen molar-refractivity contribution in [2.45, 2.75) is 57.4 Å². The highest BCUT2D eigenvalue weighted by atomic mass is 35.5. The van der Waals surface area contributed by atoms with Crippen molar-refractivity contribution in [3.63, 3.8) is 0 Å². The molecule has 4 aliphatic carbocycles. The molecule has 1 aromatic carbocycles. The van der Waals surface area contributed by atoms with Crippen molar-refractivity contribution in [3.8, 4) is 0 Å². The minimum atomic E-state index is 0. The van der Waals surface area contributed by atoms with E-state index in [1.54, 1.807) is 0 Å². The van der Waals surface area contributed by atoms with Crippen LogP contribution in [0.4, 0.5) is 0 Å². The number of amides is 1. The fraction of sp³-hybridized carbons (Fsp3) is 0.708. The van der Waals surface area contributed by atoms with Gasteiger partial charge in [-0.25, -0.2) is 0 Å². The molecule has 1 aliphatic heterocycles. The van der Waals surface area contributed by atoms with E-state index in [0.29, 0.717) is 22.0 Å². The minimum Gasteiger partial charge on any atom is -0.351 e. The second-order valence-corrected chi connectivity index (χ2v) is 10.7. The van der Waals surface area contributed by atoms with Crippen LogP contribution in [0.3, 0.4) is 0 Å². The Bertz CT molecular complexity index is 731. The summed E-state index contributed by atoms with van der Waals surface area (Å²) in [6.45, 7) is 3.92. The summed E-state index contributed by atoms with van der Waals surface area (Å²) in [5.74, 6) is 2.73. The molecule has 1 saturated heterocycles. The van der Waals surface area contributed by atoms with Gasteiger partial charge in [-0.05, 0) is 105 Å². The van der Waals surface area contributed by atoms with Gasteiger partial charge in [-0.15, -0.1) is 24.8 Å². The average Bonchev–Trinajstić information content (AvgIpc) is 3.20. The smallest absolute Gasteiger partial charge is 0.252 e. The molecule has 0 spiro atoms. The largest absolute Gasteiger partial charge is 0.351 e. The molecule has 4 saturated carbocycles. The number of halogens is 3. The Labute approximate surface area is 203 Å². The zero-order valence-electron chi connectivity index (χ0n) is 18.1. The highest BCUT2D eigenvalue weighted by Crippen LogP contribution is 2.59. The lowest BCUT2D eigenvalue weighted by Crippen LogP contribution is -2.51. The number of hydrogen-bond acceptors (Lipinski definition) is 3. The van der Waals surface area contributed by atoms with Crippen LogP contribution >= 0.6 is 36.4 Å². The maximum Gasteiger partial charge on any atom is 0.252 e. The van der Waals surface area contributed by atoms with Crippen molar-refractivity contribution in [1.82, 2.24) is 16.0 Å². The van der Waals surface area contributed by atoms with Gasteiger partial charge in [-0.2, -0.15) is 0 Å². The predicted molar refractivity (Wildman–Crippen MR) is 132 cm³/mol. The molecule has 4 bridgehead atoms. The number of carbonyl (C=O) groups excluding carboxylic acids is 1. The second-order valence-electron chi connectivity index (χ2n) is 10.3. The van der Waals surface area contributed by atoms with Crippen molar-refractivity contribution < 1.29 is 4.79 Å². The molecule has 1 heterocycles. The van der Waals surface area contributed by atoms with Gasteiger partial charge < -0.3 is 16.0 Å². The topological polar surface area (TPSA) is 53.2 Å². The molecule has 6 rings (SSSR count). The molecule has 1 amide bonds. The summed E-state index contributed by atoms with van der Waals surface area (Å²) in [5, 5.41) is 10.8. The van der Waals surface area contributed by atoms with E-state index in [1.165, 1.54) is 50.5 Å². The lowest BCUT2D eigenvalue weighted by Gasteiger charge is -2.56. The molecular weight excluding hydrogens is 453 g/mol. The molecule has 4 nitrogen and oxygen atoms in total. The first-order valence-corrected chi connectivity index (χ1v) is 12.0. The number of carbonyl (C=O) groups is 1. The molecule has 174 valence electrons. The Kier molecular flexibility index (Phi) is 8.59. The highest BCUT2D eigenvalue weighted by Gasteiger charge is 2.50. The van der Waals surface area contributed by atoms with Crippen molar-refractivity contribution in [2.75, 3.05) is 26.2 Å². The van der Waals surface area contributed by atoms with Gasteiger partial charge in [0.1, 0.15) is 0 Å². The summed E-state index contributed by atoms with van der Waals surface area (Å²) < 4.78 is 0. The molecule has 1 unspecified atom stereocenters.